The average Bonchev–Trinajstić information content (AvgIpc) is 3.21. The number of nitrogens with one attached hydrogen (secondary N) is 1. The molecule has 0 bridgehead atoms. The molecule has 2 aromatic rings. The van der Waals surface area contributed by atoms with E-state index in [1.807, 2.05) is 35.2 Å². The summed E-state index contributed by atoms with van der Waals surface area (Å²) in [5.74, 6) is -0.788. The van der Waals surface area contributed by atoms with Crippen LogP contribution in [-0.4, -0.2) is 101 Å². The molecule has 3 aliphatic heterocycles. The predicted molar refractivity (Wildman–Crippen MR) is 143 cm³/mol. The van der Waals surface area contributed by atoms with Gasteiger partial charge in [0, 0.05) is 51.9 Å². The van der Waals surface area contributed by atoms with Crippen molar-refractivity contribution in [2.75, 3.05) is 62.7 Å². The van der Waals surface area contributed by atoms with Gasteiger partial charge >= 0.3 is 6.03 Å². The number of hydrogen-bond acceptors (Lipinski definition) is 5. The maximum atomic E-state index is 14.0. The molecule has 5 amide bonds. The van der Waals surface area contributed by atoms with E-state index in [4.69, 9.17) is 0 Å². The molecule has 3 saturated heterocycles. The van der Waals surface area contributed by atoms with Gasteiger partial charge in [0.15, 0.2) is 0 Å². The lowest BCUT2D eigenvalue weighted by Crippen LogP contribution is -2.58. The fourth-order valence-electron chi connectivity index (χ4n) is 5.69. The minimum absolute atomic E-state index is 0.00816. The van der Waals surface area contributed by atoms with Crippen molar-refractivity contribution in [1.82, 2.24) is 19.6 Å². The van der Waals surface area contributed by atoms with E-state index >= 15 is 0 Å². The van der Waals surface area contributed by atoms with E-state index in [0.717, 1.165) is 5.69 Å². The smallest absolute Gasteiger partial charge is 0.321 e. The van der Waals surface area contributed by atoms with Crippen LogP contribution in [0.4, 0.5) is 20.6 Å². The highest BCUT2D eigenvalue weighted by Gasteiger charge is 2.54. The van der Waals surface area contributed by atoms with Crippen molar-refractivity contribution in [3.63, 3.8) is 0 Å². The third-order valence-electron chi connectivity index (χ3n) is 7.98. The van der Waals surface area contributed by atoms with Crippen LogP contribution in [0, 0.1) is 5.82 Å². The Bertz CT molecular complexity index is 1240. The molecule has 0 atom stereocenters. The highest BCUT2D eigenvalue weighted by molar-refractivity contribution is 5.97. The summed E-state index contributed by atoms with van der Waals surface area (Å²) in [4.78, 5) is 60.2. The van der Waals surface area contributed by atoms with Crippen molar-refractivity contribution in [3.05, 3.63) is 60.4 Å². The Labute approximate surface area is 226 Å². The van der Waals surface area contributed by atoms with Crippen molar-refractivity contribution < 1.29 is 23.6 Å². The number of carbonyl (C=O) groups is 4. The molecule has 0 aliphatic carbocycles. The summed E-state index contributed by atoms with van der Waals surface area (Å²) in [5, 5.41) is 2.62. The molecule has 1 spiro atoms. The zero-order valence-electron chi connectivity index (χ0n) is 22.0. The molecule has 3 heterocycles. The van der Waals surface area contributed by atoms with Crippen LogP contribution < -0.4 is 10.2 Å². The summed E-state index contributed by atoms with van der Waals surface area (Å²) in [7, 11) is 0. The Kier molecular flexibility index (Phi) is 7.40. The first-order valence-corrected chi connectivity index (χ1v) is 13.2. The second kappa shape index (κ2) is 10.9. The summed E-state index contributed by atoms with van der Waals surface area (Å²) < 4.78 is 14.0. The van der Waals surface area contributed by atoms with Gasteiger partial charge in [-0.3, -0.25) is 14.4 Å². The monoisotopic (exact) mass is 536 g/mol. The molecule has 0 unspecified atom stereocenters. The van der Waals surface area contributed by atoms with Crippen LogP contribution in [-0.2, 0) is 14.4 Å². The number of nitrogens with zero attached hydrogens (tertiary/aromatic N) is 5. The largest absolute Gasteiger partial charge is 0.339 e. The van der Waals surface area contributed by atoms with Gasteiger partial charge < -0.3 is 29.8 Å². The number of piperidine rings is 1. The molecule has 1 N–H and O–H groups in total. The van der Waals surface area contributed by atoms with E-state index in [1.165, 1.54) is 19.1 Å². The van der Waals surface area contributed by atoms with E-state index < -0.39 is 17.4 Å². The Balaban J connectivity index is 1.28. The van der Waals surface area contributed by atoms with Gasteiger partial charge in [-0.05, 0) is 37.1 Å². The SMILES string of the molecule is CC(=O)N1CCN(C(=O)CN2CN(c3ccccc3)C3(CCN(C(=O)Nc4ccccc4F)CC3)C2=O)CC1. The predicted octanol–water partition coefficient (Wildman–Crippen LogP) is 2.19. The number of piperazine rings is 1. The van der Waals surface area contributed by atoms with Crippen LogP contribution in [0.3, 0.4) is 0 Å². The number of hydrogen-bond donors (Lipinski definition) is 1. The minimum atomic E-state index is -0.885. The average molecular weight is 537 g/mol. The Morgan fingerprint density at radius 1 is 0.846 bits per heavy atom. The zero-order valence-corrected chi connectivity index (χ0v) is 22.0. The molecule has 2 aromatic carbocycles. The molecule has 5 rings (SSSR count). The van der Waals surface area contributed by atoms with Crippen molar-refractivity contribution in [1.29, 1.82) is 0 Å². The van der Waals surface area contributed by atoms with Gasteiger partial charge in [-0.15, -0.1) is 0 Å². The molecular weight excluding hydrogens is 503 g/mol. The summed E-state index contributed by atoms with van der Waals surface area (Å²) in [6, 6.07) is 15.2. The second-order valence-corrected chi connectivity index (χ2v) is 10.2. The molecule has 39 heavy (non-hydrogen) atoms. The van der Waals surface area contributed by atoms with E-state index in [0.29, 0.717) is 52.1 Å². The topological polar surface area (TPSA) is 96.5 Å². The summed E-state index contributed by atoms with van der Waals surface area (Å²) in [6.45, 7) is 4.23. The summed E-state index contributed by atoms with van der Waals surface area (Å²) in [6.07, 6.45) is 0.765. The first-order valence-electron chi connectivity index (χ1n) is 13.2. The Morgan fingerprint density at radius 3 is 2.10 bits per heavy atom. The number of urea groups is 1. The second-order valence-electron chi connectivity index (χ2n) is 10.2. The van der Waals surface area contributed by atoms with Crippen LogP contribution >= 0.6 is 0 Å². The lowest BCUT2D eigenvalue weighted by molar-refractivity contribution is -0.143. The highest BCUT2D eigenvalue weighted by atomic mass is 19.1. The Hall–Kier alpha value is -4.15. The lowest BCUT2D eigenvalue weighted by Gasteiger charge is -2.43. The maximum absolute atomic E-state index is 14.0. The quantitative estimate of drug-likeness (QED) is 0.647. The third-order valence-corrected chi connectivity index (χ3v) is 7.98. The minimum Gasteiger partial charge on any atom is -0.339 e. The standard InChI is InChI=1S/C28H33FN6O4/c1-21(36)31-15-17-32(18-16-31)25(37)19-34-20-35(22-7-3-2-4-8-22)28(26(34)38)11-13-33(14-12-28)27(39)30-24-10-6-5-9-23(24)29/h2-10H,11-20H2,1H3,(H,30,39). The number of rotatable bonds is 4. The number of para-hydroxylation sites is 2. The molecule has 11 heteroatoms. The highest BCUT2D eigenvalue weighted by Crippen LogP contribution is 2.39. The van der Waals surface area contributed by atoms with Gasteiger partial charge in [-0.1, -0.05) is 30.3 Å². The van der Waals surface area contributed by atoms with Gasteiger partial charge in [0.05, 0.1) is 12.4 Å². The molecule has 10 nitrogen and oxygen atoms in total. The van der Waals surface area contributed by atoms with Gasteiger partial charge in [0.2, 0.25) is 11.8 Å². The molecule has 0 radical (unpaired) electrons. The molecule has 206 valence electrons. The maximum Gasteiger partial charge on any atom is 0.321 e. The van der Waals surface area contributed by atoms with Crippen molar-refractivity contribution in [2.24, 2.45) is 0 Å². The van der Waals surface area contributed by atoms with E-state index in [-0.39, 0.29) is 36.6 Å². The van der Waals surface area contributed by atoms with E-state index in [2.05, 4.69) is 5.32 Å². The van der Waals surface area contributed by atoms with E-state index in [1.54, 1.807) is 31.7 Å². The first-order chi connectivity index (χ1) is 18.8. The number of amides is 5. The summed E-state index contributed by atoms with van der Waals surface area (Å²) in [5.41, 5.74) is 0.101. The molecule has 3 fully saturated rings. The Morgan fingerprint density at radius 2 is 1.46 bits per heavy atom. The fraction of sp³-hybridized carbons (Fsp3) is 0.429. The third kappa shape index (κ3) is 5.25. The van der Waals surface area contributed by atoms with Crippen molar-refractivity contribution in [3.8, 4) is 0 Å². The summed E-state index contributed by atoms with van der Waals surface area (Å²) >= 11 is 0. The van der Waals surface area contributed by atoms with Gasteiger partial charge in [0.1, 0.15) is 17.9 Å². The van der Waals surface area contributed by atoms with Crippen LogP contribution in [0.25, 0.3) is 0 Å². The number of anilines is 2. The number of carbonyl (C=O) groups excluding carboxylic acids is 4. The molecular formula is C28H33FN6O4. The lowest BCUT2D eigenvalue weighted by atomic mass is 9.85. The van der Waals surface area contributed by atoms with Gasteiger partial charge in [-0.25, -0.2) is 9.18 Å². The normalized spacial score (nSPS) is 19.0. The first kappa shape index (κ1) is 26.5. The van der Waals surface area contributed by atoms with E-state index in [9.17, 15) is 23.6 Å². The van der Waals surface area contributed by atoms with Gasteiger partial charge in [0.25, 0.3) is 5.91 Å². The molecule has 0 saturated carbocycles. The van der Waals surface area contributed by atoms with Gasteiger partial charge in [-0.2, -0.15) is 0 Å². The molecule has 0 aromatic heterocycles. The molecule has 3 aliphatic rings. The van der Waals surface area contributed by atoms with Crippen molar-refractivity contribution in [2.45, 2.75) is 25.3 Å². The number of likely N-dealkylation sites (tertiary alicyclic amines) is 1. The fourth-order valence-corrected chi connectivity index (χ4v) is 5.69. The van der Waals surface area contributed by atoms with Crippen LogP contribution in [0.5, 0.6) is 0 Å². The number of halogens is 1. The van der Waals surface area contributed by atoms with Crippen LogP contribution in [0.2, 0.25) is 0 Å². The van der Waals surface area contributed by atoms with Crippen LogP contribution in [0.15, 0.2) is 54.6 Å². The zero-order chi connectivity index (χ0) is 27.6. The van der Waals surface area contributed by atoms with Crippen LogP contribution in [0.1, 0.15) is 19.8 Å². The number of benzene rings is 2. The van der Waals surface area contributed by atoms with Crippen molar-refractivity contribution >= 4 is 35.1 Å².